The number of ether oxygens (including phenoxy) is 4. The van der Waals surface area contributed by atoms with Gasteiger partial charge in [0.15, 0.2) is 11.5 Å². The van der Waals surface area contributed by atoms with Gasteiger partial charge >= 0.3 is 0 Å². The summed E-state index contributed by atoms with van der Waals surface area (Å²) in [4.78, 5) is 0. The molecular formula is C22H26O4. The molecule has 1 aromatic rings. The van der Waals surface area contributed by atoms with E-state index in [1.165, 1.54) is 0 Å². The van der Waals surface area contributed by atoms with Gasteiger partial charge in [0.1, 0.15) is 5.76 Å². The van der Waals surface area contributed by atoms with Gasteiger partial charge in [-0.1, -0.05) is 25.3 Å². The fraction of sp³-hybridized carbons (Fsp3) is 0.273. The van der Waals surface area contributed by atoms with E-state index in [1.807, 2.05) is 31.2 Å². The molecule has 0 saturated carbocycles. The second-order valence-corrected chi connectivity index (χ2v) is 5.78. The minimum atomic E-state index is 0.560. The van der Waals surface area contributed by atoms with Crippen LogP contribution in [0.15, 0.2) is 66.5 Å². The molecule has 1 aliphatic heterocycles. The molecule has 0 N–H and O–H groups in total. The van der Waals surface area contributed by atoms with Crippen molar-refractivity contribution in [3.63, 3.8) is 0 Å². The Morgan fingerprint density at radius 1 is 1.12 bits per heavy atom. The van der Waals surface area contributed by atoms with Crippen molar-refractivity contribution in [1.29, 1.82) is 0 Å². The molecule has 1 heterocycles. The first-order chi connectivity index (χ1) is 12.5. The molecule has 0 spiro atoms. The molecule has 0 bridgehead atoms. The van der Waals surface area contributed by atoms with Crippen LogP contribution in [0.3, 0.4) is 0 Å². The summed E-state index contributed by atoms with van der Waals surface area (Å²) in [5.41, 5.74) is 3.73. The van der Waals surface area contributed by atoms with Crippen LogP contribution in [0.4, 0.5) is 0 Å². The van der Waals surface area contributed by atoms with E-state index in [-0.39, 0.29) is 0 Å². The van der Waals surface area contributed by atoms with E-state index < -0.39 is 0 Å². The Bertz CT molecular complexity index is 756. The second-order valence-electron chi connectivity index (χ2n) is 5.78. The van der Waals surface area contributed by atoms with Crippen molar-refractivity contribution in [3.8, 4) is 17.2 Å². The summed E-state index contributed by atoms with van der Waals surface area (Å²) in [6, 6.07) is 3.78. The molecule has 0 unspecified atom stereocenters. The van der Waals surface area contributed by atoms with Crippen LogP contribution in [0.1, 0.15) is 18.9 Å². The molecule has 0 atom stereocenters. The van der Waals surface area contributed by atoms with Gasteiger partial charge in [0, 0.05) is 12.0 Å². The van der Waals surface area contributed by atoms with E-state index in [4.69, 9.17) is 18.9 Å². The molecule has 26 heavy (non-hydrogen) atoms. The molecule has 1 aliphatic rings. The number of hydrogen-bond donors (Lipinski definition) is 0. The van der Waals surface area contributed by atoms with Crippen LogP contribution in [-0.4, -0.2) is 27.9 Å². The van der Waals surface area contributed by atoms with Crippen molar-refractivity contribution >= 4 is 5.57 Å². The van der Waals surface area contributed by atoms with Crippen molar-refractivity contribution in [1.82, 2.24) is 0 Å². The number of benzene rings is 1. The van der Waals surface area contributed by atoms with Gasteiger partial charge in [-0.25, -0.2) is 0 Å². The van der Waals surface area contributed by atoms with E-state index in [1.54, 1.807) is 27.4 Å². The zero-order valence-corrected chi connectivity index (χ0v) is 15.9. The zero-order valence-electron chi connectivity index (χ0n) is 15.9. The van der Waals surface area contributed by atoms with E-state index in [2.05, 4.69) is 19.2 Å². The fourth-order valence-corrected chi connectivity index (χ4v) is 2.75. The Hall–Kier alpha value is -2.88. The van der Waals surface area contributed by atoms with Crippen LogP contribution in [0.5, 0.6) is 17.2 Å². The molecule has 0 radical (unpaired) electrons. The molecule has 0 aliphatic carbocycles. The molecule has 2 rings (SSSR count). The fourth-order valence-electron chi connectivity index (χ4n) is 2.75. The largest absolute Gasteiger partial charge is 0.493 e. The number of hydrogen-bond acceptors (Lipinski definition) is 4. The molecule has 4 nitrogen and oxygen atoms in total. The molecule has 138 valence electrons. The lowest BCUT2D eigenvalue weighted by molar-refractivity contribution is 0.254. The quantitative estimate of drug-likeness (QED) is 0.610. The molecule has 0 aromatic heterocycles. The second kappa shape index (κ2) is 8.99. The Balaban J connectivity index is 2.40. The van der Waals surface area contributed by atoms with Crippen LogP contribution in [0.25, 0.3) is 5.57 Å². The van der Waals surface area contributed by atoms with Crippen molar-refractivity contribution in [3.05, 3.63) is 72.1 Å². The average Bonchev–Trinajstić information content (AvgIpc) is 3.20. The predicted molar refractivity (Wildman–Crippen MR) is 106 cm³/mol. The Morgan fingerprint density at radius 3 is 2.23 bits per heavy atom. The highest BCUT2D eigenvalue weighted by Crippen LogP contribution is 2.40. The third-order valence-electron chi connectivity index (χ3n) is 4.15. The molecule has 0 saturated heterocycles. The minimum absolute atomic E-state index is 0.560. The standard InChI is InChI=1S/C22H26O4/c1-7-9-17(19-10-8-11-26-19)12-15(2)16(3)18-13-20(23-4)22(25-6)21(14-18)24-5/h7,9-10,12-14H,1,3,8,11H2,2,4-6H3/b15-12+,17-9+. The summed E-state index contributed by atoms with van der Waals surface area (Å²) in [5, 5.41) is 0. The van der Waals surface area contributed by atoms with Crippen LogP contribution < -0.4 is 14.2 Å². The number of methoxy groups -OCH3 is 3. The predicted octanol–water partition coefficient (Wildman–Crippen LogP) is 5.09. The topological polar surface area (TPSA) is 36.9 Å². The maximum absolute atomic E-state index is 5.67. The van der Waals surface area contributed by atoms with Gasteiger partial charge in [-0.2, -0.15) is 0 Å². The highest BCUT2D eigenvalue weighted by Gasteiger charge is 2.16. The van der Waals surface area contributed by atoms with Crippen LogP contribution in [0, 0.1) is 0 Å². The summed E-state index contributed by atoms with van der Waals surface area (Å²) < 4.78 is 21.9. The van der Waals surface area contributed by atoms with Gasteiger partial charge in [0.2, 0.25) is 5.75 Å². The average molecular weight is 354 g/mol. The van der Waals surface area contributed by atoms with Gasteiger partial charge in [-0.15, -0.1) is 0 Å². The minimum Gasteiger partial charge on any atom is -0.493 e. The van der Waals surface area contributed by atoms with Gasteiger partial charge in [0.25, 0.3) is 0 Å². The number of allylic oxidation sites excluding steroid dienone is 5. The van der Waals surface area contributed by atoms with E-state index in [0.717, 1.165) is 34.5 Å². The monoisotopic (exact) mass is 354 g/mol. The number of rotatable bonds is 8. The SMILES string of the molecule is C=C/C=C(\C=C(/C)C(=C)c1cc(OC)c(OC)c(OC)c1)C1=CCCO1. The summed E-state index contributed by atoms with van der Waals surface area (Å²) in [7, 11) is 4.78. The highest BCUT2D eigenvalue weighted by molar-refractivity contribution is 5.80. The van der Waals surface area contributed by atoms with Crippen LogP contribution >= 0.6 is 0 Å². The first-order valence-corrected chi connectivity index (χ1v) is 8.39. The van der Waals surface area contributed by atoms with Gasteiger partial charge < -0.3 is 18.9 Å². The van der Waals surface area contributed by atoms with Crippen molar-refractivity contribution in [2.75, 3.05) is 27.9 Å². The smallest absolute Gasteiger partial charge is 0.203 e. The summed E-state index contributed by atoms with van der Waals surface area (Å²) >= 11 is 0. The molecule has 0 fully saturated rings. The third kappa shape index (κ3) is 4.20. The molecular weight excluding hydrogens is 328 g/mol. The lowest BCUT2D eigenvalue weighted by Gasteiger charge is -2.16. The summed E-state index contributed by atoms with van der Waals surface area (Å²) in [5.74, 6) is 2.63. The van der Waals surface area contributed by atoms with Gasteiger partial charge in [-0.05, 0) is 47.9 Å². The Kier molecular flexibility index (Phi) is 6.73. The van der Waals surface area contributed by atoms with E-state index in [9.17, 15) is 0 Å². The third-order valence-corrected chi connectivity index (χ3v) is 4.15. The maximum Gasteiger partial charge on any atom is 0.203 e. The van der Waals surface area contributed by atoms with Gasteiger partial charge in [0.05, 0.1) is 27.9 Å². The summed E-state index contributed by atoms with van der Waals surface area (Å²) in [6.45, 7) is 10.8. The lowest BCUT2D eigenvalue weighted by Crippen LogP contribution is -1.97. The first kappa shape index (κ1) is 19.4. The normalized spacial score (nSPS) is 14.4. The van der Waals surface area contributed by atoms with Crippen molar-refractivity contribution in [2.24, 2.45) is 0 Å². The lowest BCUT2D eigenvalue weighted by atomic mass is 9.97. The Labute approximate surface area is 155 Å². The summed E-state index contributed by atoms with van der Waals surface area (Å²) in [6.07, 6.45) is 8.74. The molecule has 4 heteroatoms. The first-order valence-electron chi connectivity index (χ1n) is 8.39. The van der Waals surface area contributed by atoms with Crippen molar-refractivity contribution < 1.29 is 18.9 Å². The Morgan fingerprint density at radius 2 is 1.77 bits per heavy atom. The van der Waals surface area contributed by atoms with Crippen LogP contribution in [0.2, 0.25) is 0 Å². The van der Waals surface area contributed by atoms with Crippen LogP contribution in [-0.2, 0) is 4.74 Å². The molecule has 0 amide bonds. The van der Waals surface area contributed by atoms with Crippen molar-refractivity contribution in [2.45, 2.75) is 13.3 Å². The van der Waals surface area contributed by atoms with E-state index in [0.29, 0.717) is 23.9 Å². The molecule has 1 aromatic carbocycles. The van der Waals surface area contributed by atoms with E-state index >= 15 is 0 Å². The maximum atomic E-state index is 5.67. The zero-order chi connectivity index (χ0) is 19.1. The highest BCUT2D eigenvalue weighted by atomic mass is 16.5. The van der Waals surface area contributed by atoms with Gasteiger partial charge in [-0.3, -0.25) is 0 Å².